The van der Waals surface area contributed by atoms with Crippen molar-refractivity contribution in [3.8, 4) is 0 Å². The van der Waals surface area contributed by atoms with E-state index in [9.17, 15) is 9.59 Å². The maximum atomic E-state index is 12.4. The van der Waals surface area contributed by atoms with Gasteiger partial charge in [-0.25, -0.2) is 0 Å². The van der Waals surface area contributed by atoms with E-state index in [1.807, 2.05) is 24.3 Å². The summed E-state index contributed by atoms with van der Waals surface area (Å²) in [6.07, 6.45) is 14.9. The second-order valence-electron chi connectivity index (χ2n) is 7.98. The van der Waals surface area contributed by atoms with Crippen LogP contribution < -0.4 is 5.32 Å². The molecule has 0 amide bonds. The fourth-order valence-electron chi connectivity index (χ4n) is 3.41. The molecule has 0 aliphatic rings. The first-order chi connectivity index (χ1) is 14.7. The number of carbonyl (C=O) groups is 2. The molecule has 0 aliphatic heterocycles. The smallest absolute Gasteiger partial charge is 0.305 e. The van der Waals surface area contributed by atoms with E-state index in [-0.39, 0.29) is 11.8 Å². The Kier molecular flexibility index (Phi) is 15.3. The monoisotopic (exact) mass is 415 g/mol. The van der Waals surface area contributed by atoms with Crippen LogP contribution in [0.3, 0.4) is 0 Å². The van der Waals surface area contributed by atoms with E-state index < -0.39 is 0 Å². The second-order valence-corrected chi connectivity index (χ2v) is 7.98. The zero-order valence-corrected chi connectivity index (χ0v) is 19.1. The lowest BCUT2D eigenvalue weighted by molar-refractivity contribution is -0.140. The van der Waals surface area contributed by atoms with Gasteiger partial charge in [0.2, 0.25) is 0 Å². The first kappa shape index (κ1) is 25.9. The Morgan fingerprint density at radius 2 is 1.43 bits per heavy atom. The molecule has 0 saturated carbocycles. The Hall–Kier alpha value is -2.10. The molecular weight excluding hydrogens is 374 g/mol. The van der Waals surface area contributed by atoms with Crippen LogP contribution in [0.1, 0.15) is 96.0 Å². The third-order valence-electron chi connectivity index (χ3n) is 5.28. The van der Waals surface area contributed by atoms with Crippen LogP contribution >= 0.6 is 0 Å². The summed E-state index contributed by atoms with van der Waals surface area (Å²) >= 11 is 0. The van der Waals surface area contributed by atoms with Crippen LogP contribution in [-0.2, 0) is 20.9 Å². The summed E-state index contributed by atoms with van der Waals surface area (Å²) in [5.41, 5.74) is 2.29. The highest BCUT2D eigenvalue weighted by Gasteiger charge is 2.04. The molecule has 0 unspecified atom stereocenters. The Morgan fingerprint density at radius 3 is 2.10 bits per heavy atom. The lowest BCUT2D eigenvalue weighted by atomic mass is 10.0. The summed E-state index contributed by atoms with van der Waals surface area (Å²) in [6, 6.07) is 10.3. The van der Waals surface area contributed by atoms with Crippen molar-refractivity contribution in [2.24, 2.45) is 0 Å². The molecule has 0 bridgehead atoms. The number of unbranched alkanes of at least 4 members (excludes halogenated alkanes) is 8. The molecule has 4 nitrogen and oxygen atoms in total. The van der Waals surface area contributed by atoms with E-state index in [4.69, 9.17) is 0 Å². The van der Waals surface area contributed by atoms with E-state index in [2.05, 4.69) is 29.1 Å². The van der Waals surface area contributed by atoms with Crippen LogP contribution in [0, 0.1) is 0 Å². The number of allylic oxidation sites excluding steroid dienone is 2. The maximum Gasteiger partial charge on any atom is 0.305 e. The van der Waals surface area contributed by atoms with Gasteiger partial charge in [-0.05, 0) is 31.2 Å². The first-order valence-electron chi connectivity index (χ1n) is 11.7. The van der Waals surface area contributed by atoms with Gasteiger partial charge in [0.05, 0.1) is 7.11 Å². The van der Waals surface area contributed by atoms with Gasteiger partial charge in [0.25, 0.3) is 0 Å². The molecule has 0 spiro atoms. The van der Waals surface area contributed by atoms with Gasteiger partial charge in [0.15, 0.2) is 5.78 Å². The summed E-state index contributed by atoms with van der Waals surface area (Å²) in [5.74, 6) is 0.123. The average molecular weight is 416 g/mol. The van der Waals surface area contributed by atoms with Crippen molar-refractivity contribution in [3.63, 3.8) is 0 Å². The van der Waals surface area contributed by atoms with Crippen molar-refractivity contribution < 1.29 is 14.3 Å². The molecule has 1 rings (SSSR count). The number of ketones is 1. The van der Waals surface area contributed by atoms with Crippen molar-refractivity contribution in [1.82, 2.24) is 5.32 Å². The van der Waals surface area contributed by atoms with E-state index >= 15 is 0 Å². The number of hydrogen-bond acceptors (Lipinski definition) is 4. The van der Waals surface area contributed by atoms with Gasteiger partial charge in [-0.2, -0.15) is 0 Å². The van der Waals surface area contributed by atoms with Crippen LogP contribution in [-0.4, -0.2) is 18.9 Å². The normalized spacial score (nSPS) is 11.3. The predicted molar refractivity (Wildman–Crippen MR) is 124 cm³/mol. The van der Waals surface area contributed by atoms with Crippen LogP contribution in [0.15, 0.2) is 42.1 Å². The molecule has 0 heterocycles. The number of carbonyl (C=O) groups excluding carboxylic acids is 2. The van der Waals surface area contributed by atoms with E-state index in [1.54, 1.807) is 0 Å². The number of benzene rings is 1. The van der Waals surface area contributed by atoms with Crippen LogP contribution in [0.2, 0.25) is 0 Å². The molecule has 0 aromatic heterocycles. The summed E-state index contributed by atoms with van der Waals surface area (Å²) < 4.78 is 4.67. The molecule has 1 N–H and O–H groups in total. The zero-order valence-electron chi connectivity index (χ0n) is 19.1. The molecule has 0 aliphatic carbocycles. The lowest BCUT2D eigenvalue weighted by Crippen LogP contribution is -2.14. The number of rotatable bonds is 18. The number of hydrogen-bond donors (Lipinski definition) is 1. The van der Waals surface area contributed by atoms with Crippen LogP contribution in [0.5, 0.6) is 0 Å². The van der Waals surface area contributed by atoms with Crippen LogP contribution in [0.4, 0.5) is 0 Å². The minimum Gasteiger partial charge on any atom is -0.469 e. The van der Waals surface area contributed by atoms with E-state index in [0.717, 1.165) is 70.0 Å². The predicted octanol–water partition coefficient (Wildman–Crippen LogP) is 6.49. The van der Waals surface area contributed by atoms with Gasteiger partial charge < -0.3 is 10.1 Å². The molecule has 30 heavy (non-hydrogen) atoms. The third-order valence-corrected chi connectivity index (χ3v) is 5.28. The van der Waals surface area contributed by atoms with Gasteiger partial charge in [-0.15, -0.1) is 0 Å². The van der Waals surface area contributed by atoms with Gasteiger partial charge in [-0.1, -0.05) is 82.2 Å². The van der Waals surface area contributed by atoms with Gasteiger partial charge in [0, 0.05) is 31.2 Å². The summed E-state index contributed by atoms with van der Waals surface area (Å²) in [4.78, 5) is 23.5. The lowest BCUT2D eigenvalue weighted by Gasteiger charge is -2.12. The number of ether oxygens (including phenoxy) is 1. The molecule has 0 saturated heterocycles. The summed E-state index contributed by atoms with van der Waals surface area (Å²) in [5, 5.41) is 3.49. The Labute approximate surface area is 183 Å². The average Bonchev–Trinajstić information content (AvgIpc) is 2.77. The quantitative estimate of drug-likeness (QED) is 0.169. The fourth-order valence-corrected chi connectivity index (χ4v) is 3.41. The molecular formula is C26H41NO3. The topological polar surface area (TPSA) is 55.4 Å². The van der Waals surface area contributed by atoms with Crippen molar-refractivity contribution in [1.29, 1.82) is 0 Å². The highest BCUT2D eigenvalue weighted by atomic mass is 16.5. The molecule has 0 atom stereocenters. The van der Waals surface area contributed by atoms with Crippen molar-refractivity contribution in [3.05, 3.63) is 47.7 Å². The largest absolute Gasteiger partial charge is 0.469 e. The van der Waals surface area contributed by atoms with Gasteiger partial charge in [-0.3, -0.25) is 9.59 Å². The molecule has 4 heteroatoms. The molecule has 0 radical (unpaired) electrons. The van der Waals surface area contributed by atoms with Crippen molar-refractivity contribution in [2.75, 3.05) is 7.11 Å². The van der Waals surface area contributed by atoms with E-state index in [1.165, 1.54) is 25.5 Å². The summed E-state index contributed by atoms with van der Waals surface area (Å²) in [6.45, 7) is 2.94. The molecule has 0 fully saturated rings. The Bertz CT molecular complexity index is 610. The number of esters is 1. The first-order valence-corrected chi connectivity index (χ1v) is 11.7. The van der Waals surface area contributed by atoms with Crippen molar-refractivity contribution >= 4 is 11.8 Å². The molecule has 1 aromatic carbocycles. The van der Waals surface area contributed by atoms with Gasteiger partial charge in [0.1, 0.15) is 0 Å². The maximum absolute atomic E-state index is 12.4. The minimum absolute atomic E-state index is 0.117. The Balaban J connectivity index is 2.36. The second kappa shape index (κ2) is 17.7. The number of methoxy groups -OCH3 is 1. The fraction of sp³-hybridized carbons (Fsp3) is 0.615. The highest BCUT2D eigenvalue weighted by Crippen LogP contribution is 2.13. The van der Waals surface area contributed by atoms with E-state index in [0.29, 0.717) is 12.8 Å². The third kappa shape index (κ3) is 14.0. The number of nitrogens with one attached hydrogen (secondary N) is 1. The molecule has 168 valence electrons. The Morgan fingerprint density at radius 1 is 0.833 bits per heavy atom. The van der Waals surface area contributed by atoms with Gasteiger partial charge >= 0.3 is 5.97 Å². The minimum atomic E-state index is -0.117. The molecule has 1 aromatic rings. The SMILES string of the molecule is CCCCCCC(=O)/C=C(/CCCCCCCCC(=O)OC)NCc1ccccc1. The standard InChI is InChI=1S/C26H41NO3/c1-3-4-5-14-19-25(28)21-24(27-22-23-16-11-10-12-17-23)18-13-8-6-7-9-15-20-26(29)30-2/h10-12,16-17,21,27H,3-9,13-15,18-20,22H2,1-2H3/b24-21-. The van der Waals surface area contributed by atoms with Crippen molar-refractivity contribution in [2.45, 2.75) is 96.9 Å². The zero-order chi connectivity index (χ0) is 21.9. The summed E-state index contributed by atoms with van der Waals surface area (Å²) in [7, 11) is 1.44. The van der Waals surface area contributed by atoms with Crippen LogP contribution in [0.25, 0.3) is 0 Å². The highest BCUT2D eigenvalue weighted by molar-refractivity contribution is 5.90.